The second-order valence-electron chi connectivity index (χ2n) is 6.22. The molecule has 0 aromatic heterocycles. The number of carboxylic acids is 1. The number of rotatable bonds is 5. The molecule has 1 aromatic rings. The van der Waals surface area contributed by atoms with Crippen molar-refractivity contribution < 1.29 is 28.2 Å². The van der Waals surface area contributed by atoms with Gasteiger partial charge < -0.3 is 14.9 Å². The van der Waals surface area contributed by atoms with E-state index >= 15 is 0 Å². The summed E-state index contributed by atoms with van der Waals surface area (Å²) in [6.07, 6.45) is -0.931. The van der Waals surface area contributed by atoms with Gasteiger partial charge in [0.1, 0.15) is 5.75 Å². The summed E-state index contributed by atoms with van der Waals surface area (Å²) in [4.78, 5) is 11.3. The van der Waals surface area contributed by atoms with Crippen LogP contribution in [0.15, 0.2) is 23.1 Å². The molecular weight excluding hydrogens is 334 g/mol. The Labute approximate surface area is 141 Å². The molecule has 1 heterocycles. The monoisotopic (exact) mass is 357 g/mol. The summed E-state index contributed by atoms with van der Waals surface area (Å²) in [5, 5.41) is 18.9. The van der Waals surface area contributed by atoms with Crippen molar-refractivity contribution in [1.29, 1.82) is 0 Å². The third-order valence-corrected chi connectivity index (χ3v) is 6.18. The van der Waals surface area contributed by atoms with Gasteiger partial charge in [-0.3, -0.25) is 4.79 Å². The zero-order valence-electron chi connectivity index (χ0n) is 14.0. The van der Waals surface area contributed by atoms with Gasteiger partial charge in [-0.15, -0.1) is 0 Å². The minimum atomic E-state index is -3.83. The number of ether oxygens (including phenoxy) is 1. The quantitative estimate of drug-likeness (QED) is 0.822. The molecule has 1 aliphatic rings. The number of carbonyl (C=O) groups is 1. The van der Waals surface area contributed by atoms with Crippen LogP contribution in [-0.4, -0.2) is 55.2 Å². The zero-order valence-corrected chi connectivity index (χ0v) is 14.8. The van der Waals surface area contributed by atoms with Crippen LogP contribution >= 0.6 is 0 Å². The highest BCUT2D eigenvalue weighted by Gasteiger charge is 2.38. The van der Waals surface area contributed by atoms with Gasteiger partial charge in [0.15, 0.2) is 0 Å². The first-order valence-electron chi connectivity index (χ1n) is 7.77. The minimum absolute atomic E-state index is 0.0741. The molecule has 8 heteroatoms. The van der Waals surface area contributed by atoms with Crippen LogP contribution in [0.2, 0.25) is 0 Å². The SMILES string of the molecule is COc1ccc(S(=O)(=O)N2CC[C@@H](O)[C@@H](C(=O)O)C2)cc1C(C)C. The molecule has 0 saturated carbocycles. The van der Waals surface area contributed by atoms with Crippen molar-refractivity contribution in [1.82, 2.24) is 4.31 Å². The predicted molar refractivity (Wildman–Crippen MR) is 87.6 cm³/mol. The van der Waals surface area contributed by atoms with Gasteiger partial charge in [-0.05, 0) is 36.1 Å². The highest BCUT2D eigenvalue weighted by Crippen LogP contribution is 2.31. The van der Waals surface area contributed by atoms with Crippen LogP contribution in [0, 0.1) is 5.92 Å². The molecule has 134 valence electrons. The first kappa shape index (κ1) is 18.7. The number of hydrogen-bond donors (Lipinski definition) is 2. The second-order valence-corrected chi connectivity index (χ2v) is 8.16. The maximum Gasteiger partial charge on any atom is 0.310 e. The van der Waals surface area contributed by atoms with Crippen molar-refractivity contribution in [2.24, 2.45) is 5.92 Å². The summed E-state index contributed by atoms with van der Waals surface area (Å²) in [7, 11) is -2.30. The van der Waals surface area contributed by atoms with Gasteiger partial charge in [0.05, 0.1) is 24.0 Å². The van der Waals surface area contributed by atoms with E-state index < -0.39 is 28.0 Å². The molecule has 2 rings (SSSR count). The Bertz CT molecular complexity index is 715. The molecule has 2 atom stereocenters. The van der Waals surface area contributed by atoms with E-state index in [4.69, 9.17) is 9.84 Å². The largest absolute Gasteiger partial charge is 0.496 e. The number of benzene rings is 1. The average Bonchev–Trinajstić information content (AvgIpc) is 2.53. The van der Waals surface area contributed by atoms with Gasteiger partial charge >= 0.3 is 5.97 Å². The van der Waals surface area contributed by atoms with Gasteiger partial charge in [0, 0.05) is 13.1 Å². The Kier molecular flexibility index (Phi) is 5.52. The van der Waals surface area contributed by atoms with Crippen molar-refractivity contribution in [3.63, 3.8) is 0 Å². The number of carboxylic acid groups (broad SMARTS) is 1. The van der Waals surface area contributed by atoms with Gasteiger partial charge in [-0.25, -0.2) is 8.42 Å². The number of nitrogens with zero attached hydrogens (tertiary/aromatic N) is 1. The van der Waals surface area contributed by atoms with Crippen LogP contribution in [0.5, 0.6) is 5.75 Å². The Morgan fingerprint density at radius 1 is 1.38 bits per heavy atom. The number of hydrogen-bond acceptors (Lipinski definition) is 5. The molecule has 0 radical (unpaired) electrons. The summed E-state index contributed by atoms with van der Waals surface area (Å²) >= 11 is 0. The molecule has 0 amide bonds. The van der Waals surface area contributed by atoms with E-state index in [-0.39, 0.29) is 30.3 Å². The fourth-order valence-corrected chi connectivity index (χ4v) is 4.36. The second kappa shape index (κ2) is 7.08. The molecule has 2 N–H and O–H groups in total. The van der Waals surface area contributed by atoms with E-state index in [1.54, 1.807) is 12.1 Å². The van der Waals surface area contributed by atoms with Crippen molar-refractivity contribution >= 4 is 16.0 Å². The maximum atomic E-state index is 12.8. The van der Waals surface area contributed by atoms with Crippen molar-refractivity contribution in [3.05, 3.63) is 23.8 Å². The lowest BCUT2D eigenvalue weighted by Crippen LogP contribution is -2.48. The molecule has 1 aromatic carbocycles. The summed E-state index contributed by atoms with van der Waals surface area (Å²) in [5.41, 5.74) is 0.769. The van der Waals surface area contributed by atoms with E-state index in [0.29, 0.717) is 5.75 Å². The lowest BCUT2D eigenvalue weighted by Gasteiger charge is -2.33. The number of aliphatic hydroxyl groups is 1. The Balaban J connectivity index is 2.37. The van der Waals surface area contributed by atoms with E-state index in [0.717, 1.165) is 9.87 Å². The van der Waals surface area contributed by atoms with Crippen LogP contribution in [0.1, 0.15) is 31.7 Å². The standard InChI is InChI=1S/C16H23NO6S/c1-10(2)12-8-11(4-5-15(12)23-3)24(21,22)17-7-6-14(18)13(9-17)16(19)20/h4-5,8,10,13-14,18H,6-7,9H2,1-3H3,(H,19,20)/t13-,14+/m0/s1. The van der Waals surface area contributed by atoms with Gasteiger partial charge in [0.2, 0.25) is 10.0 Å². The fraction of sp³-hybridized carbons (Fsp3) is 0.562. The topological polar surface area (TPSA) is 104 Å². The van der Waals surface area contributed by atoms with Crippen LogP contribution in [0.25, 0.3) is 0 Å². The van der Waals surface area contributed by atoms with Crippen LogP contribution in [-0.2, 0) is 14.8 Å². The average molecular weight is 357 g/mol. The molecule has 1 saturated heterocycles. The molecule has 0 aliphatic carbocycles. The highest BCUT2D eigenvalue weighted by atomic mass is 32.2. The highest BCUT2D eigenvalue weighted by molar-refractivity contribution is 7.89. The van der Waals surface area contributed by atoms with Crippen molar-refractivity contribution in [2.45, 2.75) is 37.2 Å². The van der Waals surface area contributed by atoms with Crippen LogP contribution < -0.4 is 4.74 Å². The number of methoxy groups -OCH3 is 1. The van der Waals surface area contributed by atoms with E-state index in [2.05, 4.69) is 0 Å². The van der Waals surface area contributed by atoms with Gasteiger partial charge in [0.25, 0.3) is 0 Å². The number of aliphatic carboxylic acids is 1. The number of piperidine rings is 1. The Morgan fingerprint density at radius 3 is 2.58 bits per heavy atom. The third-order valence-electron chi connectivity index (χ3n) is 4.32. The fourth-order valence-electron chi connectivity index (χ4n) is 2.84. The minimum Gasteiger partial charge on any atom is -0.496 e. The van der Waals surface area contributed by atoms with Crippen LogP contribution in [0.4, 0.5) is 0 Å². The molecule has 0 bridgehead atoms. The molecule has 0 spiro atoms. The number of aliphatic hydroxyl groups excluding tert-OH is 1. The predicted octanol–water partition coefficient (Wildman–Crippen LogP) is 1.27. The normalized spacial score (nSPS) is 22.5. The summed E-state index contributed by atoms with van der Waals surface area (Å²) < 4.78 is 32.1. The van der Waals surface area contributed by atoms with E-state index in [1.807, 2.05) is 13.8 Å². The maximum absolute atomic E-state index is 12.8. The van der Waals surface area contributed by atoms with Crippen LogP contribution in [0.3, 0.4) is 0 Å². The molecular formula is C16H23NO6S. The Hall–Kier alpha value is -1.64. The number of sulfonamides is 1. The molecule has 1 fully saturated rings. The molecule has 24 heavy (non-hydrogen) atoms. The first-order chi connectivity index (χ1) is 11.2. The van der Waals surface area contributed by atoms with E-state index in [1.165, 1.54) is 13.2 Å². The van der Waals surface area contributed by atoms with E-state index in [9.17, 15) is 18.3 Å². The Morgan fingerprint density at radius 2 is 2.04 bits per heavy atom. The summed E-state index contributed by atoms with van der Waals surface area (Å²) in [5.74, 6) is -1.62. The lowest BCUT2D eigenvalue weighted by molar-refractivity contribution is -0.147. The van der Waals surface area contributed by atoms with Crippen molar-refractivity contribution in [2.75, 3.05) is 20.2 Å². The van der Waals surface area contributed by atoms with Gasteiger partial charge in [-0.2, -0.15) is 4.31 Å². The summed E-state index contributed by atoms with van der Waals surface area (Å²) in [6, 6.07) is 4.64. The lowest BCUT2D eigenvalue weighted by atomic mass is 9.96. The summed E-state index contributed by atoms with van der Waals surface area (Å²) in [6.45, 7) is 3.73. The smallest absolute Gasteiger partial charge is 0.310 e. The third kappa shape index (κ3) is 3.55. The molecule has 0 unspecified atom stereocenters. The first-order valence-corrected chi connectivity index (χ1v) is 9.21. The molecule has 7 nitrogen and oxygen atoms in total. The molecule has 1 aliphatic heterocycles. The zero-order chi connectivity index (χ0) is 18.1. The van der Waals surface area contributed by atoms with Crippen molar-refractivity contribution in [3.8, 4) is 5.75 Å². The van der Waals surface area contributed by atoms with Gasteiger partial charge in [-0.1, -0.05) is 13.8 Å².